The molecule has 6 aromatic rings. The molecule has 0 spiro atoms. The first kappa shape index (κ1) is 30.3. The van der Waals surface area contributed by atoms with Crippen molar-refractivity contribution in [1.29, 1.82) is 0 Å². The van der Waals surface area contributed by atoms with Crippen LogP contribution in [0.5, 0.6) is 0 Å². The molecule has 0 heterocycles. The monoisotopic (exact) mass is 646 g/mol. The van der Waals surface area contributed by atoms with Gasteiger partial charge in [-0.2, -0.15) is 0 Å². The Morgan fingerprint density at radius 3 is 0.745 bits per heavy atom. The summed E-state index contributed by atoms with van der Waals surface area (Å²) in [5, 5.41) is 9.17. The van der Waals surface area contributed by atoms with E-state index in [0.717, 1.165) is 0 Å². The van der Waals surface area contributed by atoms with Crippen molar-refractivity contribution < 1.29 is 0 Å². The molecule has 0 aromatic heterocycles. The van der Waals surface area contributed by atoms with Gasteiger partial charge in [0.2, 0.25) is 0 Å². The summed E-state index contributed by atoms with van der Waals surface area (Å²) in [6.45, 7) is 0. The first-order valence-corrected chi connectivity index (χ1v) is 21.7. The van der Waals surface area contributed by atoms with Crippen LogP contribution in [0.1, 0.15) is 6.42 Å². The molecule has 0 aliphatic heterocycles. The molecule has 0 saturated heterocycles. The zero-order valence-corrected chi connectivity index (χ0v) is 28.9. The number of hydrogen-bond acceptors (Lipinski definition) is 0. The van der Waals surface area contributed by atoms with Crippen LogP contribution in [0.2, 0.25) is 0 Å². The van der Waals surface area contributed by atoms with E-state index in [0.29, 0.717) is 23.7 Å². The van der Waals surface area contributed by atoms with Gasteiger partial charge in [-0.05, 0) is 0 Å². The van der Waals surface area contributed by atoms with Crippen molar-refractivity contribution in [2.75, 3.05) is 12.3 Å². The van der Waals surface area contributed by atoms with Gasteiger partial charge < -0.3 is 0 Å². The van der Waals surface area contributed by atoms with Crippen molar-refractivity contribution in [2.24, 2.45) is 23.7 Å². The topological polar surface area (TPSA) is 0 Å². The van der Waals surface area contributed by atoms with Crippen molar-refractivity contribution >= 4 is 46.4 Å². The summed E-state index contributed by atoms with van der Waals surface area (Å²) >= 11 is 0. The molecule has 47 heavy (non-hydrogen) atoms. The second-order valence-corrected chi connectivity index (χ2v) is 21.6. The molecule has 1 fully saturated rings. The van der Waals surface area contributed by atoms with Crippen molar-refractivity contribution in [3.8, 4) is 0 Å². The quantitative estimate of drug-likeness (QED) is 0.105. The maximum atomic E-state index is 2.60. The van der Waals surface area contributed by atoms with Gasteiger partial charge in [-0.3, -0.25) is 0 Å². The Kier molecular flexibility index (Phi) is 8.50. The number of allylic oxidation sites excluding steroid dienone is 2. The minimum absolute atomic E-state index is 0.611. The molecule has 6 aromatic carbocycles. The molecule has 0 nitrogen and oxygen atoms in total. The Bertz CT molecular complexity index is 1570. The Hall–Kier alpha value is -4.08. The third-order valence-corrected chi connectivity index (χ3v) is 21.6. The van der Waals surface area contributed by atoms with Crippen molar-refractivity contribution in [2.45, 2.75) is 6.42 Å². The fourth-order valence-corrected chi connectivity index (χ4v) is 20.0. The summed E-state index contributed by atoms with van der Waals surface area (Å²) in [5.41, 5.74) is 0. The SMILES string of the molecule is C1=C[C@H]2CC1C(C[PH](c1ccccc1)(c1ccccc1)c1ccccc1)C2C[PH](c1ccccc1)(c1ccccc1)c1ccccc1. The average Bonchev–Trinajstić information content (AvgIpc) is 3.77. The summed E-state index contributed by atoms with van der Waals surface area (Å²) in [6.07, 6.45) is 8.95. The zero-order valence-electron chi connectivity index (χ0n) is 26.9. The molecule has 0 radical (unpaired) electrons. The second kappa shape index (κ2) is 13.2. The van der Waals surface area contributed by atoms with Crippen LogP contribution in [-0.4, -0.2) is 12.3 Å². The van der Waals surface area contributed by atoms with Crippen LogP contribution >= 0.6 is 14.5 Å². The van der Waals surface area contributed by atoms with E-state index >= 15 is 0 Å². The van der Waals surface area contributed by atoms with Gasteiger partial charge >= 0.3 is 283 Å². The van der Waals surface area contributed by atoms with Gasteiger partial charge in [0, 0.05) is 0 Å². The van der Waals surface area contributed by atoms with E-state index in [2.05, 4.69) is 194 Å². The number of hydrogen-bond donors (Lipinski definition) is 0. The van der Waals surface area contributed by atoms with Crippen LogP contribution in [0.25, 0.3) is 0 Å². The number of rotatable bonds is 10. The van der Waals surface area contributed by atoms with E-state index in [-0.39, 0.29) is 0 Å². The van der Waals surface area contributed by atoms with E-state index in [4.69, 9.17) is 0 Å². The van der Waals surface area contributed by atoms with Gasteiger partial charge in [0.25, 0.3) is 0 Å². The van der Waals surface area contributed by atoms with Crippen molar-refractivity contribution in [1.82, 2.24) is 0 Å². The predicted molar refractivity (Wildman–Crippen MR) is 211 cm³/mol. The third kappa shape index (κ3) is 5.43. The first-order valence-electron chi connectivity index (χ1n) is 17.3. The first-order chi connectivity index (χ1) is 23.3. The summed E-state index contributed by atoms with van der Waals surface area (Å²) in [5.74, 6) is 2.48. The van der Waals surface area contributed by atoms with Crippen LogP contribution in [0.4, 0.5) is 0 Å². The summed E-state index contributed by atoms with van der Waals surface area (Å²) in [6, 6.07) is 69.4. The number of benzene rings is 6. The van der Waals surface area contributed by atoms with Crippen molar-refractivity contribution in [3.05, 3.63) is 194 Å². The molecular weight excluding hydrogens is 602 g/mol. The molecule has 2 bridgehead atoms. The molecule has 0 amide bonds. The average molecular weight is 647 g/mol. The van der Waals surface area contributed by atoms with Gasteiger partial charge in [0.1, 0.15) is 0 Å². The van der Waals surface area contributed by atoms with Gasteiger partial charge in [-0.1, -0.05) is 0 Å². The Balaban J connectivity index is 1.32. The van der Waals surface area contributed by atoms with Crippen LogP contribution in [-0.2, 0) is 0 Å². The van der Waals surface area contributed by atoms with Crippen molar-refractivity contribution in [3.63, 3.8) is 0 Å². The Morgan fingerprint density at radius 2 is 0.532 bits per heavy atom. The molecule has 0 N–H and O–H groups in total. The predicted octanol–water partition coefficient (Wildman–Crippen LogP) is 7.88. The molecule has 4 atom stereocenters. The molecular formula is C45H44P2. The van der Waals surface area contributed by atoms with E-state index in [1.165, 1.54) is 50.6 Å². The molecule has 2 aliphatic rings. The van der Waals surface area contributed by atoms with E-state index in [1.807, 2.05) is 0 Å². The Labute approximate surface area is 281 Å². The molecule has 2 heteroatoms. The standard InChI is InChI=1S/C45H44P2/c1-7-19-38(20-8-1)46(39-21-9-2-10-22-39,40-23-11-3-12-24-40)34-44-36-31-32-37(33-36)45(44)35-47(41-25-13-4-14-26-41,42-27-15-5-16-28-42)43-29-17-6-18-30-43/h1-32,36-37,44-47H,33-35H2/t36-,37?,44?,45?/m0/s1. The third-order valence-electron chi connectivity index (χ3n) is 11.5. The molecule has 2 aliphatic carbocycles. The maximum absolute atomic E-state index is 2.60. The minimum atomic E-state index is -2.40. The van der Waals surface area contributed by atoms with E-state index in [1.54, 1.807) is 0 Å². The van der Waals surface area contributed by atoms with Crippen LogP contribution in [0, 0.1) is 23.7 Å². The van der Waals surface area contributed by atoms with Gasteiger partial charge in [0.05, 0.1) is 0 Å². The van der Waals surface area contributed by atoms with Crippen LogP contribution in [0.15, 0.2) is 194 Å². The van der Waals surface area contributed by atoms with Crippen LogP contribution < -0.4 is 31.8 Å². The van der Waals surface area contributed by atoms with Crippen LogP contribution in [0.3, 0.4) is 0 Å². The summed E-state index contributed by atoms with van der Waals surface area (Å²) < 4.78 is 0. The van der Waals surface area contributed by atoms with E-state index in [9.17, 15) is 0 Å². The fourth-order valence-electron chi connectivity index (χ4n) is 9.38. The van der Waals surface area contributed by atoms with Gasteiger partial charge in [-0.25, -0.2) is 0 Å². The molecule has 3 unspecified atom stereocenters. The zero-order chi connectivity index (χ0) is 31.5. The Morgan fingerprint density at radius 1 is 0.319 bits per heavy atom. The summed E-state index contributed by atoms with van der Waals surface area (Å²) in [7, 11) is -4.80. The van der Waals surface area contributed by atoms with E-state index < -0.39 is 14.5 Å². The van der Waals surface area contributed by atoms with Gasteiger partial charge in [0.15, 0.2) is 0 Å². The number of fused-ring (bicyclic) bond motifs is 2. The summed E-state index contributed by atoms with van der Waals surface area (Å²) in [4.78, 5) is 0. The molecule has 8 rings (SSSR count). The fraction of sp³-hybridized carbons (Fsp3) is 0.156. The molecule has 1 saturated carbocycles. The normalized spacial score (nSPS) is 21.0. The second-order valence-electron chi connectivity index (χ2n) is 13.7. The molecule has 234 valence electrons. The van der Waals surface area contributed by atoms with Gasteiger partial charge in [-0.15, -0.1) is 0 Å².